The van der Waals surface area contributed by atoms with Crippen LogP contribution in [0.1, 0.15) is 0 Å². The average molecular weight is 281 g/mol. The first kappa shape index (κ1) is 12.7. The van der Waals surface area contributed by atoms with Crippen LogP contribution in [0, 0.1) is 0 Å². The van der Waals surface area contributed by atoms with Crippen molar-refractivity contribution in [1.29, 1.82) is 0 Å². The van der Waals surface area contributed by atoms with E-state index in [1.807, 2.05) is 60.7 Å². The highest BCUT2D eigenvalue weighted by atomic mass is 32.2. The Morgan fingerprint density at radius 3 is 2.25 bits per heavy atom. The molecule has 1 aliphatic heterocycles. The molecule has 0 radical (unpaired) electrons. The lowest BCUT2D eigenvalue weighted by molar-refractivity contribution is -0.116. The van der Waals surface area contributed by atoms with Crippen LogP contribution in [0.4, 0.5) is 5.69 Å². The van der Waals surface area contributed by atoms with Crippen molar-refractivity contribution in [2.45, 2.75) is 10.1 Å². The largest absolute Gasteiger partial charge is 0.285 e. The van der Waals surface area contributed by atoms with Crippen molar-refractivity contribution in [3.63, 3.8) is 0 Å². The van der Waals surface area contributed by atoms with Gasteiger partial charge in [0.05, 0.1) is 5.69 Å². The predicted molar refractivity (Wildman–Crippen MR) is 79.5 cm³/mol. The summed E-state index contributed by atoms with van der Waals surface area (Å²) in [6.07, 6.45) is 0. The molecular weight excluding hydrogens is 270 g/mol. The van der Waals surface area contributed by atoms with Crippen molar-refractivity contribution in [1.82, 2.24) is 0 Å². The molecule has 0 spiro atoms. The number of hydrogen-bond donors (Lipinski definition) is 0. The van der Waals surface area contributed by atoms with Gasteiger partial charge in [-0.1, -0.05) is 36.4 Å². The first-order valence-electron chi connectivity index (χ1n) is 6.14. The Bertz CT molecular complexity index is 668. The van der Waals surface area contributed by atoms with Crippen LogP contribution in [0.25, 0.3) is 0 Å². The SMILES string of the molecule is O=C1N=NC(=Nc2ccccc2)C1Sc1ccccc1. The van der Waals surface area contributed by atoms with Crippen LogP contribution in [-0.4, -0.2) is 17.0 Å². The molecule has 1 heterocycles. The molecular formula is C15H11N3OS. The lowest BCUT2D eigenvalue weighted by Gasteiger charge is -2.06. The summed E-state index contributed by atoms with van der Waals surface area (Å²) < 4.78 is 0. The van der Waals surface area contributed by atoms with E-state index in [0.717, 1.165) is 10.6 Å². The number of rotatable bonds is 3. The second-order valence-corrected chi connectivity index (χ2v) is 5.33. The van der Waals surface area contributed by atoms with Gasteiger partial charge in [-0.15, -0.1) is 22.0 Å². The first-order chi connectivity index (χ1) is 9.83. The van der Waals surface area contributed by atoms with Gasteiger partial charge in [-0.25, -0.2) is 4.99 Å². The Morgan fingerprint density at radius 1 is 0.900 bits per heavy atom. The maximum Gasteiger partial charge on any atom is 0.285 e. The van der Waals surface area contributed by atoms with Crippen LogP contribution in [0.2, 0.25) is 0 Å². The minimum Gasteiger partial charge on any atom is -0.269 e. The molecule has 1 atom stereocenters. The molecule has 3 rings (SSSR count). The molecule has 1 aliphatic rings. The minimum absolute atomic E-state index is 0.256. The van der Waals surface area contributed by atoms with Crippen LogP contribution < -0.4 is 0 Å². The summed E-state index contributed by atoms with van der Waals surface area (Å²) in [7, 11) is 0. The summed E-state index contributed by atoms with van der Waals surface area (Å²) >= 11 is 1.42. The normalized spacial score (nSPS) is 19.7. The fourth-order valence-electron chi connectivity index (χ4n) is 1.77. The highest BCUT2D eigenvalue weighted by Gasteiger charge is 2.31. The number of aliphatic imine (C=N–C) groups is 1. The molecule has 0 fully saturated rings. The Balaban J connectivity index is 1.85. The predicted octanol–water partition coefficient (Wildman–Crippen LogP) is 3.87. The van der Waals surface area contributed by atoms with Gasteiger partial charge in [0.1, 0.15) is 0 Å². The first-order valence-corrected chi connectivity index (χ1v) is 7.02. The van der Waals surface area contributed by atoms with Gasteiger partial charge in [-0.3, -0.25) is 4.79 Å². The number of amidine groups is 1. The Hall–Kier alpha value is -2.27. The molecule has 98 valence electrons. The Morgan fingerprint density at radius 2 is 1.55 bits per heavy atom. The summed E-state index contributed by atoms with van der Waals surface area (Å²) in [5.74, 6) is 0.198. The van der Waals surface area contributed by atoms with E-state index >= 15 is 0 Å². The van der Waals surface area contributed by atoms with E-state index < -0.39 is 5.25 Å². The van der Waals surface area contributed by atoms with Gasteiger partial charge in [0.2, 0.25) is 0 Å². The van der Waals surface area contributed by atoms with Crippen molar-refractivity contribution in [3.05, 3.63) is 60.7 Å². The second-order valence-electron chi connectivity index (χ2n) is 4.15. The van der Waals surface area contributed by atoms with Crippen LogP contribution in [-0.2, 0) is 4.79 Å². The lowest BCUT2D eigenvalue weighted by atomic mass is 10.3. The fraction of sp³-hybridized carbons (Fsp3) is 0.0667. The standard InChI is InChI=1S/C15H11N3OS/c19-15-13(20-12-9-5-2-6-10-12)14(17-18-15)16-11-7-3-1-4-8-11/h1-10,13H. The van der Waals surface area contributed by atoms with Gasteiger partial charge in [0.15, 0.2) is 11.1 Å². The van der Waals surface area contributed by atoms with Gasteiger partial charge in [-0.05, 0) is 24.3 Å². The van der Waals surface area contributed by atoms with Gasteiger partial charge >= 0.3 is 0 Å². The van der Waals surface area contributed by atoms with Gasteiger partial charge in [0.25, 0.3) is 5.91 Å². The highest BCUT2D eigenvalue weighted by Crippen LogP contribution is 2.29. The van der Waals surface area contributed by atoms with Crippen LogP contribution in [0.5, 0.6) is 0 Å². The van der Waals surface area contributed by atoms with Gasteiger partial charge < -0.3 is 0 Å². The maximum atomic E-state index is 11.8. The third-order valence-electron chi connectivity index (χ3n) is 2.71. The molecule has 1 unspecified atom stereocenters. The van der Waals surface area contributed by atoms with Crippen molar-refractivity contribution in [2.75, 3.05) is 0 Å². The molecule has 0 saturated heterocycles. The van der Waals surface area contributed by atoms with Crippen LogP contribution in [0.3, 0.4) is 0 Å². The lowest BCUT2D eigenvalue weighted by Crippen LogP contribution is -2.18. The van der Waals surface area contributed by atoms with E-state index in [2.05, 4.69) is 15.2 Å². The van der Waals surface area contributed by atoms with E-state index in [9.17, 15) is 4.79 Å². The molecule has 2 aromatic rings. The van der Waals surface area contributed by atoms with E-state index in [-0.39, 0.29) is 5.91 Å². The summed E-state index contributed by atoms with van der Waals surface area (Å²) in [4.78, 5) is 17.2. The monoisotopic (exact) mass is 281 g/mol. The van der Waals surface area contributed by atoms with Gasteiger partial charge in [0, 0.05) is 4.90 Å². The maximum absolute atomic E-state index is 11.8. The smallest absolute Gasteiger partial charge is 0.269 e. The zero-order valence-electron chi connectivity index (χ0n) is 10.5. The zero-order valence-corrected chi connectivity index (χ0v) is 11.3. The molecule has 20 heavy (non-hydrogen) atoms. The summed E-state index contributed by atoms with van der Waals surface area (Å²) in [6, 6.07) is 19.2. The van der Waals surface area contributed by atoms with E-state index in [1.165, 1.54) is 11.8 Å². The van der Waals surface area contributed by atoms with Crippen molar-refractivity contribution < 1.29 is 4.79 Å². The third kappa shape index (κ3) is 2.83. The molecule has 0 N–H and O–H groups in total. The number of nitrogens with zero attached hydrogens (tertiary/aromatic N) is 3. The molecule has 4 nitrogen and oxygen atoms in total. The topological polar surface area (TPSA) is 54.1 Å². The van der Waals surface area contributed by atoms with Gasteiger partial charge in [-0.2, -0.15) is 0 Å². The molecule has 0 bridgehead atoms. The second kappa shape index (κ2) is 5.79. The molecule has 2 aromatic carbocycles. The van der Waals surface area contributed by atoms with Crippen molar-refractivity contribution in [2.24, 2.45) is 15.2 Å². The number of thioether (sulfide) groups is 1. The zero-order chi connectivity index (χ0) is 13.8. The highest BCUT2D eigenvalue weighted by molar-refractivity contribution is 8.01. The molecule has 0 aromatic heterocycles. The molecule has 1 amide bonds. The average Bonchev–Trinajstić information content (AvgIpc) is 2.83. The molecule has 5 heteroatoms. The summed E-state index contributed by atoms with van der Waals surface area (Å²) in [5.41, 5.74) is 0.773. The molecule has 0 aliphatic carbocycles. The molecule has 0 saturated carbocycles. The third-order valence-corrected chi connectivity index (χ3v) is 3.90. The number of benzene rings is 2. The summed E-state index contributed by atoms with van der Waals surface area (Å²) in [5, 5.41) is 7.06. The van der Waals surface area contributed by atoms with Crippen molar-refractivity contribution >= 4 is 29.2 Å². The Labute approximate surface area is 120 Å². The summed E-state index contributed by atoms with van der Waals surface area (Å²) in [6.45, 7) is 0. The number of amides is 1. The van der Waals surface area contributed by atoms with E-state index in [4.69, 9.17) is 0 Å². The quantitative estimate of drug-likeness (QED) is 0.857. The fourth-order valence-corrected chi connectivity index (χ4v) is 2.71. The van der Waals surface area contributed by atoms with Crippen LogP contribution >= 0.6 is 11.8 Å². The number of azo groups is 1. The van der Waals surface area contributed by atoms with Crippen LogP contribution in [0.15, 0.2) is 80.8 Å². The number of carbonyl (C=O) groups is 1. The number of hydrogen-bond acceptors (Lipinski definition) is 3. The van der Waals surface area contributed by atoms with E-state index in [0.29, 0.717) is 5.84 Å². The van der Waals surface area contributed by atoms with E-state index in [1.54, 1.807) is 0 Å². The minimum atomic E-state index is -0.461. The van der Waals surface area contributed by atoms with Crippen molar-refractivity contribution in [3.8, 4) is 0 Å². The Kier molecular flexibility index (Phi) is 3.69. The number of carbonyl (C=O) groups excluding carboxylic acids is 1. The number of para-hydroxylation sites is 1.